The highest BCUT2D eigenvalue weighted by Crippen LogP contribution is 2.38. The number of benzene rings is 3. The Morgan fingerprint density at radius 1 is 0.966 bits per heavy atom. The number of halogens is 1. The molecule has 0 fully saturated rings. The number of hydrogen-bond acceptors (Lipinski definition) is 4. The molecule has 6 nitrogen and oxygen atoms in total. The van der Waals surface area contributed by atoms with E-state index in [0.717, 1.165) is 4.31 Å². The minimum atomic E-state index is -4.15. The van der Waals surface area contributed by atoms with Crippen LogP contribution in [0.25, 0.3) is 0 Å². The summed E-state index contributed by atoms with van der Waals surface area (Å²) >= 11 is 0. The van der Waals surface area contributed by atoms with Crippen molar-refractivity contribution in [3.05, 3.63) is 84.2 Å². The maximum absolute atomic E-state index is 14.2. The molecular weight excluding hydrogens is 395 g/mol. The summed E-state index contributed by atoms with van der Waals surface area (Å²) in [5.41, 5.74) is 0.628. The molecule has 0 aliphatic carbocycles. The van der Waals surface area contributed by atoms with E-state index in [9.17, 15) is 17.6 Å². The lowest BCUT2D eigenvalue weighted by Gasteiger charge is -2.36. The lowest BCUT2D eigenvalue weighted by molar-refractivity contribution is 0.253. The summed E-state index contributed by atoms with van der Waals surface area (Å²) in [4.78, 5) is 14.6. The fourth-order valence-corrected chi connectivity index (χ4v) is 4.83. The number of urea groups is 1. The zero-order valence-corrected chi connectivity index (χ0v) is 16.3. The van der Waals surface area contributed by atoms with Gasteiger partial charge in [0.1, 0.15) is 16.5 Å². The van der Waals surface area contributed by atoms with Crippen LogP contribution in [-0.2, 0) is 16.6 Å². The highest BCUT2D eigenvalue weighted by Gasteiger charge is 2.42. The third-order valence-electron chi connectivity index (χ3n) is 4.65. The molecule has 1 heterocycles. The number of amides is 2. The Morgan fingerprint density at radius 3 is 2.45 bits per heavy atom. The topological polar surface area (TPSA) is 66.9 Å². The van der Waals surface area contributed by atoms with Gasteiger partial charge in [-0.3, -0.25) is 4.90 Å². The van der Waals surface area contributed by atoms with E-state index in [1.165, 1.54) is 42.3 Å². The Bertz CT molecular complexity index is 1200. The van der Waals surface area contributed by atoms with Crippen molar-refractivity contribution in [2.45, 2.75) is 11.4 Å². The molecule has 0 aromatic heterocycles. The molecule has 8 heteroatoms. The predicted octanol–water partition coefficient (Wildman–Crippen LogP) is 4.17. The van der Waals surface area contributed by atoms with E-state index in [-0.39, 0.29) is 28.4 Å². The minimum Gasteiger partial charge on any atom is -0.497 e. The first kappa shape index (κ1) is 18.9. The van der Waals surface area contributed by atoms with Gasteiger partial charge in [0.15, 0.2) is 0 Å². The standard InChI is InChI=1S/C21H17FN2O4S/c1-28-17-9-6-8-16(13-17)24-21(25)23(14-15-7-2-3-10-18(15)22)19-11-4-5-12-20(19)29(24,26)27/h2-13H,14H2,1H3. The van der Waals surface area contributed by atoms with E-state index < -0.39 is 21.9 Å². The van der Waals surface area contributed by atoms with Crippen LogP contribution in [0.3, 0.4) is 0 Å². The predicted molar refractivity (Wildman–Crippen MR) is 107 cm³/mol. The van der Waals surface area contributed by atoms with E-state index in [0.29, 0.717) is 5.75 Å². The molecule has 3 aromatic rings. The molecule has 0 unspecified atom stereocenters. The van der Waals surface area contributed by atoms with Gasteiger partial charge in [-0.1, -0.05) is 36.4 Å². The van der Waals surface area contributed by atoms with Crippen molar-refractivity contribution >= 4 is 27.4 Å². The summed E-state index contributed by atoms with van der Waals surface area (Å²) in [6.45, 7) is -0.113. The molecule has 148 valence electrons. The molecule has 0 bridgehead atoms. The third-order valence-corrected chi connectivity index (χ3v) is 6.40. The van der Waals surface area contributed by atoms with Crippen LogP contribution in [0.5, 0.6) is 5.75 Å². The zero-order valence-electron chi connectivity index (χ0n) is 15.4. The third kappa shape index (κ3) is 3.21. The van der Waals surface area contributed by atoms with Gasteiger partial charge in [-0.25, -0.2) is 17.6 Å². The molecule has 0 saturated carbocycles. The summed E-state index contributed by atoms with van der Waals surface area (Å²) in [6.07, 6.45) is 0. The number of anilines is 2. The van der Waals surface area contributed by atoms with Crippen molar-refractivity contribution in [3.8, 4) is 5.75 Å². The lowest BCUT2D eigenvalue weighted by Crippen LogP contribution is -2.50. The molecule has 0 spiro atoms. The van der Waals surface area contributed by atoms with Gasteiger partial charge in [-0.05, 0) is 30.3 Å². The van der Waals surface area contributed by atoms with Crippen molar-refractivity contribution in [3.63, 3.8) is 0 Å². The Labute approximate surface area is 167 Å². The van der Waals surface area contributed by atoms with Crippen molar-refractivity contribution in [2.24, 2.45) is 0 Å². The normalized spacial score (nSPS) is 15.2. The zero-order chi connectivity index (χ0) is 20.6. The van der Waals surface area contributed by atoms with Gasteiger partial charge in [0.25, 0.3) is 10.0 Å². The Morgan fingerprint density at radius 2 is 1.69 bits per heavy atom. The van der Waals surface area contributed by atoms with Crippen LogP contribution < -0.4 is 13.9 Å². The van der Waals surface area contributed by atoms with Gasteiger partial charge in [0, 0.05) is 11.6 Å². The molecule has 29 heavy (non-hydrogen) atoms. The first-order chi connectivity index (χ1) is 13.9. The second-order valence-corrected chi connectivity index (χ2v) is 8.15. The number of carbonyl (C=O) groups is 1. The molecule has 0 saturated heterocycles. The number of nitrogens with zero attached hydrogens (tertiary/aromatic N) is 2. The fraction of sp³-hybridized carbons (Fsp3) is 0.0952. The molecule has 0 atom stereocenters. The SMILES string of the molecule is COc1cccc(N2C(=O)N(Cc3ccccc3F)c3ccccc3S2(=O)=O)c1. The van der Waals surface area contributed by atoms with Gasteiger partial charge in [0.05, 0.1) is 25.0 Å². The number of carbonyl (C=O) groups excluding carboxylic acids is 1. The van der Waals surface area contributed by atoms with Gasteiger partial charge in [-0.15, -0.1) is 0 Å². The van der Waals surface area contributed by atoms with Gasteiger partial charge >= 0.3 is 6.03 Å². The number of para-hydroxylation sites is 1. The van der Waals surface area contributed by atoms with Gasteiger partial charge in [-0.2, -0.15) is 4.31 Å². The lowest BCUT2D eigenvalue weighted by atomic mass is 10.2. The fourth-order valence-electron chi connectivity index (χ4n) is 3.25. The molecular formula is C21H17FN2O4S. The Balaban J connectivity index is 1.88. The summed E-state index contributed by atoms with van der Waals surface area (Å²) in [7, 11) is -2.70. The van der Waals surface area contributed by atoms with Crippen LogP contribution in [0.2, 0.25) is 0 Å². The summed E-state index contributed by atoms with van der Waals surface area (Å²) in [6, 6.07) is 17.7. The van der Waals surface area contributed by atoms with Crippen molar-refractivity contribution < 1.29 is 22.3 Å². The van der Waals surface area contributed by atoms with Gasteiger partial charge in [0.2, 0.25) is 0 Å². The van der Waals surface area contributed by atoms with Gasteiger partial charge < -0.3 is 4.74 Å². The largest absolute Gasteiger partial charge is 0.497 e. The van der Waals surface area contributed by atoms with E-state index in [1.54, 1.807) is 42.5 Å². The van der Waals surface area contributed by atoms with E-state index >= 15 is 0 Å². The van der Waals surface area contributed by atoms with Crippen LogP contribution in [-0.4, -0.2) is 21.6 Å². The van der Waals surface area contributed by atoms with Crippen LogP contribution in [0.1, 0.15) is 5.56 Å². The molecule has 4 rings (SSSR count). The number of ether oxygens (including phenoxy) is 1. The first-order valence-electron chi connectivity index (χ1n) is 8.77. The molecule has 1 aliphatic heterocycles. The van der Waals surface area contributed by atoms with Crippen LogP contribution in [0, 0.1) is 5.82 Å². The molecule has 0 radical (unpaired) electrons. The van der Waals surface area contributed by atoms with Crippen LogP contribution in [0.4, 0.5) is 20.6 Å². The molecule has 2 amide bonds. The number of fused-ring (bicyclic) bond motifs is 1. The average Bonchev–Trinajstić information content (AvgIpc) is 2.72. The van der Waals surface area contributed by atoms with E-state index in [1.807, 2.05) is 0 Å². The molecule has 3 aromatic carbocycles. The summed E-state index contributed by atoms with van der Waals surface area (Å²) in [5.74, 6) is -0.0656. The molecule has 0 N–H and O–H groups in total. The minimum absolute atomic E-state index is 0.0289. The quantitative estimate of drug-likeness (QED) is 0.645. The van der Waals surface area contributed by atoms with E-state index in [4.69, 9.17) is 4.74 Å². The van der Waals surface area contributed by atoms with Crippen molar-refractivity contribution in [2.75, 3.05) is 16.3 Å². The average molecular weight is 412 g/mol. The van der Waals surface area contributed by atoms with Crippen molar-refractivity contribution in [1.82, 2.24) is 0 Å². The smallest absolute Gasteiger partial charge is 0.343 e. The van der Waals surface area contributed by atoms with E-state index in [2.05, 4.69) is 0 Å². The monoisotopic (exact) mass is 412 g/mol. The highest BCUT2D eigenvalue weighted by atomic mass is 32.2. The first-order valence-corrected chi connectivity index (χ1v) is 10.2. The maximum atomic E-state index is 14.2. The number of rotatable bonds is 4. The van der Waals surface area contributed by atoms with Crippen LogP contribution in [0.15, 0.2) is 77.7 Å². The van der Waals surface area contributed by atoms with Crippen molar-refractivity contribution in [1.29, 1.82) is 0 Å². The number of sulfonamides is 1. The maximum Gasteiger partial charge on any atom is 0.343 e. The highest BCUT2D eigenvalue weighted by molar-refractivity contribution is 7.94. The number of methoxy groups -OCH3 is 1. The Kier molecular flexibility index (Phi) is 4.71. The second kappa shape index (κ2) is 7.21. The Hall–Kier alpha value is -3.39. The summed E-state index contributed by atoms with van der Waals surface area (Å²) < 4.78 is 46.6. The summed E-state index contributed by atoms with van der Waals surface area (Å²) in [5, 5.41) is 0. The second-order valence-electron chi connectivity index (χ2n) is 6.40. The molecule has 1 aliphatic rings. The number of hydrogen-bond donors (Lipinski definition) is 0. The van der Waals surface area contributed by atoms with Crippen LogP contribution >= 0.6 is 0 Å².